The van der Waals surface area contributed by atoms with Gasteiger partial charge in [0.25, 0.3) is 0 Å². The lowest BCUT2D eigenvalue weighted by Gasteiger charge is -2.15. The van der Waals surface area contributed by atoms with E-state index in [0.29, 0.717) is 0 Å². The van der Waals surface area contributed by atoms with Gasteiger partial charge in [0.2, 0.25) is 0 Å². The Kier molecular flexibility index (Phi) is 3.46. The second kappa shape index (κ2) is 4.43. The minimum Gasteiger partial charge on any atom is -0.293 e. The van der Waals surface area contributed by atoms with Gasteiger partial charge in [0, 0.05) is 18.3 Å². The van der Waals surface area contributed by atoms with Crippen LogP contribution >= 0.6 is 0 Å². The van der Waals surface area contributed by atoms with E-state index in [1.165, 1.54) is 22.3 Å². The van der Waals surface area contributed by atoms with Gasteiger partial charge >= 0.3 is 0 Å². The van der Waals surface area contributed by atoms with Crippen molar-refractivity contribution in [2.24, 2.45) is 4.99 Å². The molecule has 0 N–H and O–H groups in total. The zero-order valence-electron chi connectivity index (χ0n) is 10.3. The van der Waals surface area contributed by atoms with Gasteiger partial charge in [-0.3, -0.25) is 4.99 Å². The molecule has 0 atom stereocenters. The fraction of sp³-hybridized carbons (Fsp3) is 0.357. The number of aryl methyl sites for hydroxylation is 2. The van der Waals surface area contributed by atoms with Crippen LogP contribution in [-0.2, 0) is 0 Å². The van der Waals surface area contributed by atoms with Gasteiger partial charge in [0.05, 0.1) is 0 Å². The van der Waals surface area contributed by atoms with E-state index in [1.807, 2.05) is 20.9 Å². The quantitative estimate of drug-likeness (QED) is 0.646. The Hall–Kier alpha value is -1.37. The molecule has 0 heterocycles. The van der Waals surface area contributed by atoms with Crippen molar-refractivity contribution in [3.8, 4) is 0 Å². The maximum atomic E-state index is 4.28. The van der Waals surface area contributed by atoms with E-state index in [0.717, 1.165) is 11.3 Å². The molecule has 0 saturated heterocycles. The molecule has 80 valence electrons. The molecule has 0 bridgehead atoms. The van der Waals surface area contributed by atoms with E-state index in [9.17, 15) is 0 Å². The molecule has 1 rings (SSSR count). The lowest BCUT2D eigenvalue weighted by molar-refractivity contribution is 1.31. The molecule has 0 aliphatic rings. The Balaban J connectivity index is 3.59. The van der Waals surface area contributed by atoms with Gasteiger partial charge in [-0.05, 0) is 44.4 Å². The normalized spacial score (nSPS) is 11.7. The summed E-state index contributed by atoms with van der Waals surface area (Å²) in [6, 6.07) is 4.29. The van der Waals surface area contributed by atoms with Gasteiger partial charge in [-0.25, -0.2) is 0 Å². The minimum atomic E-state index is 1.08. The molecule has 0 aliphatic heterocycles. The van der Waals surface area contributed by atoms with Crippen molar-refractivity contribution in [3.05, 3.63) is 41.0 Å². The van der Waals surface area contributed by atoms with Crippen LogP contribution in [-0.4, -0.2) is 12.8 Å². The van der Waals surface area contributed by atoms with E-state index in [2.05, 4.69) is 37.6 Å². The second-order valence-electron chi connectivity index (χ2n) is 4.04. The molecule has 0 aromatic heterocycles. The highest BCUT2D eigenvalue weighted by molar-refractivity contribution is 6.04. The number of nitrogens with zero attached hydrogens (tertiary/aromatic N) is 1. The first-order valence-corrected chi connectivity index (χ1v) is 5.19. The predicted molar refractivity (Wildman–Crippen MR) is 68.8 cm³/mol. The molecule has 0 radical (unpaired) electrons. The van der Waals surface area contributed by atoms with Crippen molar-refractivity contribution in [2.75, 3.05) is 7.05 Å². The number of aliphatic imine (C=N–C) groups is 1. The van der Waals surface area contributed by atoms with E-state index in [-0.39, 0.29) is 0 Å². The number of hydrogen-bond acceptors (Lipinski definition) is 1. The van der Waals surface area contributed by atoms with E-state index in [4.69, 9.17) is 0 Å². The maximum Gasteiger partial charge on any atom is 0.0395 e. The Morgan fingerprint density at radius 2 is 1.53 bits per heavy atom. The number of allylic oxidation sites excluding steroid dienone is 1. The summed E-state index contributed by atoms with van der Waals surface area (Å²) in [6.07, 6.45) is 0. The average molecular weight is 201 g/mol. The first-order valence-electron chi connectivity index (χ1n) is 5.19. The summed E-state index contributed by atoms with van der Waals surface area (Å²) < 4.78 is 0. The first-order chi connectivity index (χ1) is 6.99. The smallest absolute Gasteiger partial charge is 0.0395 e. The molecule has 15 heavy (non-hydrogen) atoms. The second-order valence-corrected chi connectivity index (χ2v) is 4.04. The lowest BCUT2D eigenvalue weighted by Crippen LogP contribution is -2.04. The summed E-state index contributed by atoms with van der Waals surface area (Å²) in [4.78, 5) is 4.28. The molecule has 0 aliphatic carbocycles. The fourth-order valence-corrected chi connectivity index (χ4v) is 1.94. The van der Waals surface area contributed by atoms with Gasteiger partial charge < -0.3 is 0 Å². The van der Waals surface area contributed by atoms with Gasteiger partial charge in [0.15, 0.2) is 0 Å². The molecule has 1 aromatic rings. The molecule has 1 heteroatoms. The Morgan fingerprint density at radius 1 is 1.07 bits per heavy atom. The van der Waals surface area contributed by atoms with Crippen LogP contribution in [0.15, 0.2) is 23.7 Å². The monoisotopic (exact) mass is 201 g/mol. The molecule has 1 aromatic carbocycles. The summed E-state index contributed by atoms with van der Waals surface area (Å²) in [7, 11) is 1.83. The zero-order valence-corrected chi connectivity index (χ0v) is 10.3. The van der Waals surface area contributed by atoms with Crippen LogP contribution in [0, 0.1) is 13.8 Å². The van der Waals surface area contributed by atoms with Gasteiger partial charge in [-0.1, -0.05) is 24.3 Å². The molecule has 0 fully saturated rings. The van der Waals surface area contributed by atoms with Crippen LogP contribution in [0.25, 0.3) is 5.57 Å². The lowest BCUT2D eigenvalue weighted by atomic mass is 9.91. The summed E-state index contributed by atoms with van der Waals surface area (Å²) in [5.74, 6) is 0. The van der Waals surface area contributed by atoms with Crippen molar-refractivity contribution < 1.29 is 0 Å². The van der Waals surface area contributed by atoms with E-state index < -0.39 is 0 Å². The number of benzene rings is 1. The molecule has 0 amide bonds. The van der Waals surface area contributed by atoms with Crippen LogP contribution in [0.4, 0.5) is 0 Å². The third-order valence-corrected chi connectivity index (χ3v) is 2.75. The largest absolute Gasteiger partial charge is 0.293 e. The van der Waals surface area contributed by atoms with Gasteiger partial charge in [0.1, 0.15) is 0 Å². The summed E-state index contributed by atoms with van der Waals surface area (Å²) in [5, 5.41) is 0. The zero-order chi connectivity index (χ0) is 11.6. The van der Waals surface area contributed by atoms with Crippen molar-refractivity contribution in [2.45, 2.75) is 27.7 Å². The van der Waals surface area contributed by atoms with Crippen LogP contribution in [0.2, 0.25) is 0 Å². The standard InChI is InChI=1S/C14H19N/c1-9(2)13-10(3)7-8-11(4)14(13)12(5)15-6/h7-8H,1H2,2-6H3. The molecular weight excluding hydrogens is 182 g/mol. The average Bonchev–Trinajstić information content (AvgIpc) is 2.19. The third kappa shape index (κ3) is 2.17. The van der Waals surface area contributed by atoms with Crippen LogP contribution < -0.4 is 0 Å². The molecule has 0 unspecified atom stereocenters. The fourth-order valence-electron chi connectivity index (χ4n) is 1.94. The summed E-state index contributed by atoms with van der Waals surface area (Å²) in [5.41, 5.74) is 7.21. The van der Waals surface area contributed by atoms with E-state index in [1.54, 1.807) is 0 Å². The highest BCUT2D eigenvalue weighted by atomic mass is 14.7. The molecule has 0 saturated carbocycles. The van der Waals surface area contributed by atoms with Gasteiger partial charge in [-0.2, -0.15) is 0 Å². The molecular formula is C14H19N. The van der Waals surface area contributed by atoms with E-state index >= 15 is 0 Å². The highest BCUT2D eigenvalue weighted by Crippen LogP contribution is 2.25. The third-order valence-electron chi connectivity index (χ3n) is 2.75. The SMILES string of the molecule is C=C(C)c1c(C)ccc(C)c1C(C)=NC. The topological polar surface area (TPSA) is 12.4 Å². The Morgan fingerprint density at radius 3 is 1.93 bits per heavy atom. The number of rotatable bonds is 2. The Labute approximate surface area is 92.6 Å². The minimum absolute atomic E-state index is 1.08. The molecule has 1 nitrogen and oxygen atoms in total. The Bertz CT molecular complexity index is 425. The van der Waals surface area contributed by atoms with Gasteiger partial charge in [-0.15, -0.1) is 0 Å². The highest BCUT2D eigenvalue weighted by Gasteiger charge is 2.11. The van der Waals surface area contributed by atoms with Crippen LogP contribution in [0.5, 0.6) is 0 Å². The summed E-state index contributed by atoms with van der Waals surface area (Å²) in [6.45, 7) is 12.4. The number of hydrogen-bond donors (Lipinski definition) is 0. The predicted octanol–water partition coefficient (Wildman–Crippen LogP) is 3.78. The maximum absolute atomic E-state index is 4.28. The molecule has 0 spiro atoms. The van der Waals surface area contributed by atoms with Crippen molar-refractivity contribution in [1.29, 1.82) is 0 Å². The van der Waals surface area contributed by atoms with Crippen molar-refractivity contribution in [1.82, 2.24) is 0 Å². The van der Waals surface area contributed by atoms with Crippen molar-refractivity contribution in [3.63, 3.8) is 0 Å². The van der Waals surface area contributed by atoms with Crippen LogP contribution in [0.1, 0.15) is 36.1 Å². The van der Waals surface area contributed by atoms with Crippen LogP contribution in [0.3, 0.4) is 0 Å². The van der Waals surface area contributed by atoms with Crippen molar-refractivity contribution >= 4 is 11.3 Å². The summed E-state index contributed by atoms with van der Waals surface area (Å²) >= 11 is 0. The first kappa shape index (κ1) is 11.7.